The van der Waals surface area contributed by atoms with Crippen LogP contribution in [0.5, 0.6) is 0 Å². The third-order valence-corrected chi connectivity index (χ3v) is 4.79. The predicted molar refractivity (Wildman–Crippen MR) is 98.5 cm³/mol. The molecule has 0 fully saturated rings. The van der Waals surface area contributed by atoms with Crippen LogP contribution in [0.3, 0.4) is 0 Å². The van der Waals surface area contributed by atoms with Crippen LogP contribution in [0.25, 0.3) is 0 Å². The molecule has 4 nitrogen and oxygen atoms in total. The Labute approximate surface area is 148 Å². The zero-order valence-electron chi connectivity index (χ0n) is 14.7. The number of rotatable bonds is 8. The van der Waals surface area contributed by atoms with Crippen LogP contribution in [0.2, 0.25) is 0 Å². The van der Waals surface area contributed by atoms with Crippen molar-refractivity contribution in [1.29, 1.82) is 0 Å². The zero-order chi connectivity index (χ0) is 18.3. The molecule has 0 saturated heterocycles. The molecule has 0 radical (unpaired) electrons. The number of hydrogen-bond acceptors (Lipinski definition) is 2. The number of benzene rings is 2. The van der Waals surface area contributed by atoms with Crippen LogP contribution in [-0.2, 0) is 15.0 Å². The SMILES string of the molecule is CCC(CNC(=O)CC(C)c1ccccc1)(C(=O)O)c1ccccc1. The number of nitrogens with one attached hydrogen (secondary N) is 1. The summed E-state index contributed by atoms with van der Waals surface area (Å²) in [5.41, 5.74) is 0.703. The van der Waals surface area contributed by atoms with E-state index in [4.69, 9.17) is 0 Å². The van der Waals surface area contributed by atoms with Crippen molar-refractivity contribution in [2.45, 2.75) is 38.0 Å². The van der Waals surface area contributed by atoms with Crippen molar-refractivity contribution in [2.75, 3.05) is 6.54 Å². The van der Waals surface area contributed by atoms with Crippen LogP contribution >= 0.6 is 0 Å². The number of amides is 1. The smallest absolute Gasteiger partial charge is 0.315 e. The second kappa shape index (κ2) is 8.47. The molecule has 132 valence electrons. The Balaban J connectivity index is 2.06. The van der Waals surface area contributed by atoms with Gasteiger partial charge in [0.1, 0.15) is 5.41 Å². The van der Waals surface area contributed by atoms with Crippen LogP contribution in [-0.4, -0.2) is 23.5 Å². The molecule has 0 spiro atoms. The molecular formula is C21H25NO3. The lowest BCUT2D eigenvalue weighted by Crippen LogP contribution is -2.46. The van der Waals surface area contributed by atoms with Gasteiger partial charge in [0.05, 0.1) is 0 Å². The summed E-state index contributed by atoms with van der Waals surface area (Å²) in [4.78, 5) is 24.3. The summed E-state index contributed by atoms with van der Waals surface area (Å²) >= 11 is 0. The highest BCUT2D eigenvalue weighted by Gasteiger charge is 2.38. The maximum absolute atomic E-state index is 12.3. The van der Waals surface area contributed by atoms with Crippen molar-refractivity contribution < 1.29 is 14.7 Å². The van der Waals surface area contributed by atoms with Gasteiger partial charge in [-0.15, -0.1) is 0 Å². The molecule has 2 aromatic carbocycles. The Morgan fingerprint density at radius 3 is 2.12 bits per heavy atom. The van der Waals surface area contributed by atoms with Crippen molar-refractivity contribution in [3.05, 3.63) is 71.8 Å². The van der Waals surface area contributed by atoms with E-state index in [0.717, 1.165) is 5.56 Å². The summed E-state index contributed by atoms with van der Waals surface area (Å²) in [6.45, 7) is 3.92. The van der Waals surface area contributed by atoms with Crippen LogP contribution in [0.15, 0.2) is 60.7 Å². The maximum atomic E-state index is 12.3. The fourth-order valence-corrected chi connectivity index (χ4v) is 3.04. The second-order valence-corrected chi connectivity index (χ2v) is 6.40. The zero-order valence-corrected chi connectivity index (χ0v) is 14.7. The molecule has 25 heavy (non-hydrogen) atoms. The average Bonchev–Trinajstić information content (AvgIpc) is 2.64. The minimum absolute atomic E-state index is 0.0822. The van der Waals surface area contributed by atoms with Crippen LogP contribution < -0.4 is 5.32 Å². The lowest BCUT2D eigenvalue weighted by Gasteiger charge is -2.29. The molecule has 4 heteroatoms. The third-order valence-electron chi connectivity index (χ3n) is 4.79. The lowest BCUT2D eigenvalue weighted by molar-refractivity contribution is -0.144. The first kappa shape index (κ1) is 18.7. The predicted octanol–water partition coefficient (Wildman–Crippen LogP) is 3.73. The highest BCUT2D eigenvalue weighted by molar-refractivity contribution is 5.83. The Hall–Kier alpha value is -2.62. The molecule has 2 N–H and O–H groups in total. The summed E-state index contributed by atoms with van der Waals surface area (Å²) in [5.74, 6) is -0.970. The van der Waals surface area contributed by atoms with Gasteiger partial charge < -0.3 is 10.4 Å². The van der Waals surface area contributed by atoms with E-state index >= 15 is 0 Å². The van der Waals surface area contributed by atoms with Crippen molar-refractivity contribution in [3.8, 4) is 0 Å². The number of carboxylic acid groups (broad SMARTS) is 1. The number of aliphatic carboxylic acids is 1. The Morgan fingerprint density at radius 2 is 1.60 bits per heavy atom. The van der Waals surface area contributed by atoms with Gasteiger partial charge in [0.15, 0.2) is 0 Å². The third kappa shape index (κ3) is 4.47. The first-order valence-electron chi connectivity index (χ1n) is 8.60. The fourth-order valence-electron chi connectivity index (χ4n) is 3.04. The first-order valence-corrected chi connectivity index (χ1v) is 8.60. The van der Waals surface area contributed by atoms with Gasteiger partial charge in [0, 0.05) is 13.0 Å². The van der Waals surface area contributed by atoms with E-state index in [-0.39, 0.29) is 18.4 Å². The van der Waals surface area contributed by atoms with Crippen molar-refractivity contribution in [1.82, 2.24) is 5.32 Å². The number of carbonyl (C=O) groups is 2. The summed E-state index contributed by atoms with van der Waals surface area (Å²) in [6.07, 6.45) is 0.735. The first-order chi connectivity index (χ1) is 12.0. The van der Waals surface area contributed by atoms with Gasteiger partial charge in [-0.1, -0.05) is 74.5 Å². The standard InChI is InChI=1S/C21H25NO3/c1-3-21(20(24)25,18-12-8-5-9-13-18)15-22-19(23)14-16(2)17-10-6-4-7-11-17/h4-13,16H,3,14-15H2,1-2H3,(H,22,23)(H,24,25). The fraction of sp³-hybridized carbons (Fsp3) is 0.333. The highest BCUT2D eigenvalue weighted by atomic mass is 16.4. The van der Waals surface area contributed by atoms with Crippen LogP contribution in [0.1, 0.15) is 43.7 Å². The normalized spacial score (nSPS) is 14.3. The number of hydrogen-bond donors (Lipinski definition) is 2. The summed E-state index contributed by atoms with van der Waals surface area (Å²) in [7, 11) is 0. The van der Waals surface area contributed by atoms with E-state index in [1.54, 1.807) is 12.1 Å². The molecule has 0 aromatic heterocycles. The van der Waals surface area contributed by atoms with E-state index in [9.17, 15) is 14.7 Å². The Kier molecular flexibility index (Phi) is 6.34. The van der Waals surface area contributed by atoms with E-state index in [1.807, 2.05) is 62.4 Å². The quantitative estimate of drug-likeness (QED) is 0.770. The largest absolute Gasteiger partial charge is 0.481 e. The van der Waals surface area contributed by atoms with E-state index in [0.29, 0.717) is 18.4 Å². The molecule has 0 bridgehead atoms. The van der Waals surface area contributed by atoms with Crippen molar-refractivity contribution in [2.24, 2.45) is 0 Å². The molecule has 2 atom stereocenters. The monoisotopic (exact) mass is 339 g/mol. The molecule has 0 aliphatic heterocycles. The van der Waals surface area contributed by atoms with Crippen molar-refractivity contribution in [3.63, 3.8) is 0 Å². The highest BCUT2D eigenvalue weighted by Crippen LogP contribution is 2.28. The van der Waals surface area contributed by atoms with E-state index < -0.39 is 11.4 Å². The van der Waals surface area contributed by atoms with Gasteiger partial charge in [0.2, 0.25) is 5.91 Å². The average molecular weight is 339 g/mol. The van der Waals surface area contributed by atoms with Crippen molar-refractivity contribution >= 4 is 11.9 Å². The number of carboxylic acids is 1. The molecule has 0 aliphatic rings. The molecule has 2 aromatic rings. The molecule has 0 saturated carbocycles. The summed E-state index contributed by atoms with van der Waals surface area (Å²) < 4.78 is 0. The van der Waals surface area contributed by atoms with E-state index in [1.165, 1.54) is 0 Å². The molecule has 0 heterocycles. The van der Waals surface area contributed by atoms with Gasteiger partial charge >= 0.3 is 5.97 Å². The minimum atomic E-state index is -1.10. The van der Waals surface area contributed by atoms with E-state index in [2.05, 4.69) is 5.32 Å². The molecule has 0 aliphatic carbocycles. The van der Waals surface area contributed by atoms with Gasteiger partial charge in [0.25, 0.3) is 0 Å². The Bertz CT molecular complexity index is 700. The van der Waals surface area contributed by atoms with Gasteiger partial charge in [-0.2, -0.15) is 0 Å². The topological polar surface area (TPSA) is 66.4 Å². The van der Waals surface area contributed by atoms with Gasteiger partial charge in [-0.05, 0) is 23.5 Å². The minimum Gasteiger partial charge on any atom is -0.481 e. The summed E-state index contributed by atoms with van der Waals surface area (Å²) in [6, 6.07) is 18.9. The molecule has 2 rings (SSSR count). The second-order valence-electron chi connectivity index (χ2n) is 6.40. The Morgan fingerprint density at radius 1 is 1.04 bits per heavy atom. The van der Waals surface area contributed by atoms with Gasteiger partial charge in [-0.3, -0.25) is 9.59 Å². The number of carbonyl (C=O) groups excluding carboxylic acids is 1. The van der Waals surface area contributed by atoms with Crippen LogP contribution in [0.4, 0.5) is 0 Å². The van der Waals surface area contributed by atoms with Crippen LogP contribution in [0, 0.1) is 0 Å². The molecular weight excluding hydrogens is 314 g/mol. The lowest BCUT2D eigenvalue weighted by atomic mass is 9.78. The summed E-state index contributed by atoms with van der Waals surface area (Å²) in [5, 5.41) is 12.6. The molecule has 2 unspecified atom stereocenters. The molecule has 1 amide bonds. The van der Waals surface area contributed by atoms with Gasteiger partial charge in [-0.25, -0.2) is 0 Å². The maximum Gasteiger partial charge on any atom is 0.315 e.